The molecule has 0 radical (unpaired) electrons. The molecule has 0 aliphatic carbocycles. The molecule has 2 aromatic heterocycles. The number of para-hydroxylation sites is 1. The normalized spacial score (nSPS) is 11.1. The Labute approximate surface area is 179 Å². The maximum Gasteiger partial charge on any atom is 0.203 e. The largest absolute Gasteiger partial charge is 0.493 e. The van der Waals surface area contributed by atoms with Crippen LogP contribution in [0.25, 0.3) is 11.3 Å². The van der Waals surface area contributed by atoms with Crippen molar-refractivity contribution >= 4 is 22.7 Å². The molecule has 0 atom stereocenters. The summed E-state index contributed by atoms with van der Waals surface area (Å²) >= 11 is 1.53. The third-order valence-electron chi connectivity index (χ3n) is 4.48. The van der Waals surface area contributed by atoms with E-state index in [1.54, 1.807) is 12.4 Å². The van der Waals surface area contributed by atoms with Crippen molar-refractivity contribution in [2.24, 2.45) is 5.10 Å². The Morgan fingerprint density at radius 3 is 2.80 bits per heavy atom. The van der Waals surface area contributed by atoms with Crippen LogP contribution in [0, 0.1) is 0 Å². The summed E-state index contributed by atoms with van der Waals surface area (Å²) in [7, 11) is 0. The molecule has 0 aliphatic rings. The number of rotatable bonds is 10. The maximum absolute atomic E-state index is 5.96. The van der Waals surface area contributed by atoms with E-state index in [9.17, 15) is 0 Å². The van der Waals surface area contributed by atoms with E-state index < -0.39 is 0 Å². The molecule has 4 aromatic rings. The standard InChI is InChI=1S/C23H23N5OS/c1-2-8-19(9-3-1)21-17-30-23(26-21)27-25-16-20-10-4-5-11-22(20)29-15-7-6-13-28-14-12-24-18-28/h1-5,8-12,14,16-18H,6-7,13,15H2,(H,26,27). The molecule has 0 unspecified atom stereocenters. The first kappa shape index (κ1) is 19.8. The van der Waals surface area contributed by atoms with Crippen molar-refractivity contribution in [3.63, 3.8) is 0 Å². The summed E-state index contributed by atoms with van der Waals surface area (Å²) in [4.78, 5) is 8.64. The van der Waals surface area contributed by atoms with Gasteiger partial charge in [0.15, 0.2) is 0 Å². The number of ether oxygens (including phenoxy) is 1. The van der Waals surface area contributed by atoms with Gasteiger partial charge in [-0.2, -0.15) is 5.10 Å². The van der Waals surface area contributed by atoms with Crippen LogP contribution in [0.2, 0.25) is 0 Å². The van der Waals surface area contributed by atoms with Crippen LogP contribution in [-0.4, -0.2) is 27.4 Å². The minimum Gasteiger partial charge on any atom is -0.493 e. The van der Waals surface area contributed by atoms with Gasteiger partial charge in [-0.15, -0.1) is 11.3 Å². The summed E-state index contributed by atoms with van der Waals surface area (Å²) in [6.07, 6.45) is 9.40. The van der Waals surface area contributed by atoms with Crippen LogP contribution in [-0.2, 0) is 6.54 Å². The molecule has 0 saturated carbocycles. The molecule has 6 nitrogen and oxygen atoms in total. The molecule has 0 saturated heterocycles. The smallest absolute Gasteiger partial charge is 0.203 e. The van der Waals surface area contributed by atoms with E-state index in [0.29, 0.717) is 6.61 Å². The van der Waals surface area contributed by atoms with Crippen molar-refractivity contribution in [2.45, 2.75) is 19.4 Å². The first-order valence-corrected chi connectivity index (χ1v) is 10.7. The van der Waals surface area contributed by atoms with Crippen LogP contribution in [0.3, 0.4) is 0 Å². The Hall–Kier alpha value is -3.45. The van der Waals surface area contributed by atoms with Crippen molar-refractivity contribution in [2.75, 3.05) is 12.0 Å². The molecular formula is C23H23N5OS. The van der Waals surface area contributed by atoms with Crippen molar-refractivity contribution in [1.82, 2.24) is 14.5 Å². The number of hydrazone groups is 1. The predicted octanol–water partition coefficient (Wildman–Crippen LogP) is 5.31. The molecule has 30 heavy (non-hydrogen) atoms. The van der Waals surface area contributed by atoms with Crippen LogP contribution in [0.4, 0.5) is 5.13 Å². The highest BCUT2D eigenvalue weighted by Gasteiger charge is 2.04. The minimum absolute atomic E-state index is 0.667. The Bertz CT molecular complexity index is 1060. The van der Waals surface area contributed by atoms with Gasteiger partial charge in [0.1, 0.15) is 5.75 Å². The molecule has 4 rings (SSSR count). The fraction of sp³-hybridized carbons (Fsp3) is 0.174. The quantitative estimate of drug-likeness (QED) is 0.216. The number of unbranched alkanes of at least 4 members (excludes halogenated alkanes) is 1. The highest BCUT2D eigenvalue weighted by molar-refractivity contribution is 7.14. The third-order valence-corrected chi connectivity index (χ3v) is 5.23. The lowest BCUT2D eigenvalue weighted by atomic mass is 10.2. The zero-order valence-electron chi connectivity index (χ0n) is 16.5. The third kappa shape index (κ3) is 5.55. The average Bonchev–Trinajstić information content (AvgIpc) is 3.47. The van der Waals surface area contributed by atoms with E-state index in [-0.39, 0.29) is 0 Å². The van der Waals surface area contributed by atoms with Crippen molar-refractivity contribution < 1.29 is 4.74 Å². The number of benzene rings is 2. The Balaban J connectivity index is 1.28. The van der Waals surface area contributed by atoms with E-state index in [0.717, 1.165) is 47.1 Å². The summed E-state index contributed by atoms with van der Waals surface area (Å²) in [5, 5.41) is 7.11. The monoisotopic (exact) mass is 417 g/mol. The number of aromatic nitrogens is 3. The second-order valence-electron chi connectivity index (χ2n) is 6.67. The molecule has 0 spiro atoms. The van der Waals surface area contributed by atoms with Gasteiger partial charge in [-0.1, -0.05) is 42.5 Å². The van der Waals surface area contributed by atoms with Gasteiger partial charge < -0.3 is 9.30 Å². The maximum atomic E-state index is 5.96. The van der Waals surface area contributed by atoms with Crippen LogP contribution in [0.15, 0.2) is 83.8 Å². The van der Waals surface area contributed by atoms with E-state index >= 15 is 0 Å². The highest BCUT2D eigenvalue weighted by Crippen LogP contribution is 2.24. The zero-order chi connectivity index (χ0) is 20.4. The van der Waals surface area contributed by atoms with Gasteiger partial charge in [-0.25, -0.2) is 9.97 Å². The number of imidazole rings is 1. The van der Waals surface area contributed by atoms with Crippen LogP contribution in [0.5, 0.6) is 5.75 Å². The Morgan fingerprint density at radius 1 is 1.07 bits per heavy atom. The molecule has 0 fully saturated rings. The summed E-state index contributed by atoms with van der Waals surface area (Å²) in [5.41, 5.74) is 5.98. The fourth-order valence-corrected chi connectivity index (χ4v) is 3.61. The van der Waals surface area contributed by atoms with E-state index in [1.807, 2.05) is 72.5 Å². The summed E-state index contributed by atoms with van der Waals surface area (Å²) < 4.78 is 8.04. The first-order valence-electron chi connectivity index (χ1n) is 9.86. The molecule has 2 heterocycles. The zero-order valence-corrected chi connectivity index (χ0v) is 17.3. The summed E-state index contributed by atoms with van der Waals surface area (Å²) in [6.45, 7) is 1.62. The number of hydrogen-bond donors (Lipinski definition) is 1. The number of anilines is 1. The topological polar surface area (TPSA) is 64.3 Å². The second-order valence-corrected chi connectivity index (χ2v) is 7.53. The van der Waals surface area contributed by atoms with E-state index in [1.165, 1.54) is 11.3 Å². The summed E-state index contributed by atoms with van der Waals surface area (Å²) in [6, 6.07) is 18.0. The lowest BCUT2D eigenvalue weighted by Gasteiger charge is -2.09. The Morgan fingerprint density at radius 2 is 1.93 bits per heavy atom. The molecule has 152 valence electrons. The van der Waals surface area contributed by atoms with Crippen LogP contribution >= 0.6 is 11.3 Å². The number of aryl methyl sites for hydroxylation is 1. The van der Waals surface area contributed by atoms with Gasteiger partial charge in [0.2, 0.25) is 5.13 Å². The molecule has 7 heteroatoms. The van der Waals surface area contributed by atoms with Gasteiger partial charge in [-0.05, 0) is 25.0 Å². The summed E-state index contributed by atoms with van der Waals surface area (Å²) in [5.74, 6) is 0.829. The van der Waals surface area contributed by atoms with Crippen LogP contribution < -0.4 is 10.2 Å². The van der Waals surface area contributed by atoms with Gasteiger partial charge in [-0.3, -0.25) is 5.43 Å². The lowest BCUT2D eigenvalue weighted by molar-refractivity contribution is 0.303. The van der Waals surface area contributed by atoms with Gasteiger partial charge in [0.25, 0.3) is 0 Å². The van der Waals surface area contributed by atoms with Crippen LogP contribution in [0.1, 0.15) is 18.4 Å². The molecule has 0 bridgehead atoms. The average molecular weight is 418 g/mol. The SMILES string of the molecule is C(=NNc1nc(-c2ccccc2)cs1)c1ccccc1OCCCCn1ccnc1. The Kier molecular flexibility index (Phi) is 6.86. The molecule has 0 aliphatic heterocycles. The van der Waals surface area contributed by atoms with Gasteiger partial charge in [0, 0.05) is 35.4 Å². The van der Waals surface area contributed by atoms with Crippen molar-refractivity contribution in [3.8, 4) is 17.0 Å². The number of hydrogen-bond acceptors (Lipinski definition) is 6. The number of nitrogens with one attached hydrogen (secondary N) is 1. The van der Waals surface area contributed by atoms with E-state index in [4.69, 9.17) is 4.74 Å². The number of thiazole rings is 1. The molecule has 0 amide bonds. The van der Waals surface area contributed by atoms with E-state index in [2.05, 4.69) is 25.1 Å². The predicted molar refractivity (Wildman–Crippen MR) is 122 cm³/mol. The molecular weight excluding hydrogens is 394 g/mol. The second kappa shape index (κ2) is 10.4. The van der Waals surface area contributed by atoms with Gasteiger partial charge in [0.05, 0.1) is 24.8 Å². The van der Waals surface area contributed by atoms with Gasteiger partial charge >= 0.3 is 0 Å². The van der Waals surface area contributed by atoms with Crippen molar-refractivity contribution in [3.05, 3.63) is 84.3 Å². The molecule has 2 aromatic carbocycles. The highest BCUT2D eigenvalue weighted by atomic mass is 32.1. The van der Waals surface area contributed by atoms with Crippen molar-refractivity contribution in [1.29, 1.82) is 0 Å². The fourth-order valence-electron chi connectivity index (χ4n) is 2.94. The minimum atomic E-state index is 0.667. The lowest BCUT2D eigenvalue weighted by Crippen LogP contribution is -2.03. The number of nitrogens with zero attached hydrogens (tertiary/aromatic N) is 4. The first-order chi connectivity index (χ1) is 14.9. The molecule has 1 N–H and O–H groups in total.